The van der Waals surface area contributed by atoms with Crippen LogP contribution in [0.3, 0.4) is 0 Å². The maximum absolute atomic E-state index is 13.9. The summed E-state index contributed by atoms with van der Waals surface area (Å²) in [5, 5.41) is 5.97. The smallest absolute Gasteiger partial charge is 0.248 e. The van der Waals surface area contributed by atoms with Gasteiger partial charge in [-0.3, -0.25) is 4.79 Å². The van der Waals surface area contributed by atoms with Gasteiger partial charge in [0.25, 0.3) is 0 Å². The van der Waals surface area contributed by atoms with E-state index in [1.807, 2.05) is 0 Å². The number of rotatable bonds is 5. The molecular weight excluding hydrogens is 400 g/mol. The summed E-state index contributed by atoms with van der Waals surface area (Å²) >= 11 is 0. The third-order valence-electron chi connectivity index (χ3n) is 4.94. The van der Waals surface area contributed by atoms with Crippen molar-refractivity contribution in [3.05, 3.63) is 29.8 Å². The van der Waals surface area contributed by atoms with E-state index >= 15 is 0 Å². The lowest BCUT2D eigenvalue weighted by Gasteiger charge is -2.32. The number of benzene rings is 1. The molecule has 1 aromatic carbocycles. The molecule has 2 atom stereocenters. The fourth-order valence-corrected chi connectivity index (χ4v) is 5.21. The first-order valence-electron chi connectivity index (χ1n) is 8.85. The Bertz CT molecular complexity index is 752. The predicted molar refractivity (Wildman–Crippen MR) is 99.1 cm³/mol. The molecule has 27 heavy (non-hydrogen) atoms. The molecule has 0 aliphatic carbocycles. The Balaban J connectivity index is 0.00000261. The molecule has 2 aliphatic rings. The Morgan fingerprint density at radius 1 is 1.22 bits per heavy atom. The normalized spacial score (nSPS) is 23.6. The fourth-order valence-electron chi connectivity index (χ4n) is 3.55. The molecule has 2 fully saturated rings. The van der Waals surface area contributed by atoms with E-state index in [1.54, 1.807) is 0 Å². The molecule has 10 heteroatoms. The minimum absolute atomic E-state index is 0. The van der Waals surface area contributed by atoms with Gasteiger partial charge in [0.05, 0.1) is 6.04 Å². The standard InChI is InChI=1S/C17H23F2N3O3S.ClH/c18-13-5-1-6-14(19)16(13)26(24,25)22-9-3-4-12(11-22)10-21-17(23)15-7-2-8-20-15;/h1,5-6,12,15,20H,2-4,7-11H2,(H,21,23);1H. The van der Waals surface area contributed by atoms with Gasteiger partial charge in [0.2, 0.25) is 15.9 Å². The summed E-state index contributed by atoms with van der Waals surface area (Å²) in [4.78, 5) is 11.2. The Hall–Kier alpha value is -1.29. The number of carbonyl (C=O) groups is 1. The first kappa shape index (κ1) is 22.0. The molecule has 2 aliphatic heterocycles. The van der Waals surface area contributed by atoms with Crippen molar-refractivity contribution in [2.75, 3.05) is 26.2 Å². The highest BCUT2D eigenvalue weighted by Gasteiger charge is 2.34. The molecule has 2 heterocycles. The molecule has 0 spiro atoms. The lowest BCUT2D eigenvalue weighted by atomic mass is 9.99. The number of nitrogens with one attached hydrogen (secondary N) is 2. The van der Waals surface area contributed by atoms with Gasteiger partial charge < -0.3 is 10.6 Å². The van der Waals surface area contributed by atoms with Gasteiger partial charge in [-0.15, -0.1) is 12.4 Å². The van der Waals surface area contributed by atoms with Crippen molar-refractivity contribution in [3.63, 3.8) is 0 Å². The number of hydrogen-bond acceptors (Lipinski definition) is 4. The predicted octanol–water partition coefficient (Wildman–Crippen LogP) is 1.66. The second-order valence-corrected chi connectivity index (χ2v) is 8.69. The Morgan fingerprint density at radius 2 is 1.93 bits per heavy atom. The number of nitrogens with zero attached hydrogens (tertiary/aromatic N) is 1. The molecule has 0 bridgehead atoms. The molecule has 0 radical (unpaired) electrons. The molecule has 0 saturated carbocycles. The van der Waals surface area contributed by atoms with Crippen molar-refractivity contribution in [2.45, 2.75) is 36.6 Å². The number of piperidine rings is 1. The SMILES string of the molecule is Cl.O=C(NCC1CCCN(S(=O)(=O)c2c(F)cccc2F)C1)C1CCCN1. The highest BCUT2D eigenvalue weighted by Crippen LogP contribution is 2.27. The van der Waals surface area contributed by atoms with Crippen LogP contribution in [0.4, 0.5) is 8.78 Å². The van der Waals surface area contributed by atoms with Crippen molar-refractivity contribution in [1.82, 2.24) is 14.9 Å². The van der Waals surface area contributed by atoms with Crippen LogP contribution in [-0.2, 0) is 14.8 Å². The zero-order chi connectivity index (χ0) is 18.7. The summed E-state index contributed by atoms with van der Waals surface area (Å²) in [7, 11) is -4.25. The van der Waals surface area contributed by atoms with Gasteiger partial charge >= 0.3 is 0 Å². The van der Waals surface area contributed by atoms with Crippen LogP contribution < -0.4 is 10.6 Å². The first-order chi connectivity index (χ1) is 12.4. The Morgan fingerprint density at radius 3 is 2.56 bits per heavy atom. The van der Waals surface area contributed by atoms with Gasteiger partial charge in [0.15, 0.2) is 4.90 Å². The third kappa shape index (κ3) is 4.96. The minimum Gasteiger partial charge on any atom is -0.354 e. The van der Waals surface area contributed by atoms with E-state index < -0.39 is 26.6 Å². The lowest BCUT2D eigenvalue weighted by Crippen LogP contribution is -2.46. The van der Waals surface area contributed by atoms with Crippen LogP contribution in [-0.4, -0.2) is 50.9 Å². The molecular formula is C17H24ClF2N3O3S. The average molecular weight is 424 g/mol. The van der Waals surface area contributed by atoms with Gasteiger partial charge in [-0.2, -0.15) is 4.31 Å². The third-order valence-corrected chi connectivity index (χ3v) is 6.86. The monoisotopic (exact) mass is 423 g/mol. The van der Waals surface area contributed by atoms with Crippen molar-refractivity contribution in [1.29, 1.82) is 0 Å². The molecule has 0 aromatic heterocycles. The van der Waals surface area contributed by atoms with Crippen LogP contribution in [0.5, 0.6) is 0 Å². The van der Waals surface area contributed by atoms with Crippen molar-refractivity contribution >= 4 is 28.3 Å². The fraction of sp³-hybridized carbons (Fsp3) is 0.588. The number of halogens is 3. The first-order valence-corrected chi connectivity index (χ1v) is 10.3. The summed E-state index contributed by atoms with van der Waals surface area (Å²) in [5.41, 5.74) is 0. The molecule has 2 saturated heterocycles. The van der Waals surface area contributed by atoms with E-state index in [4.69, 9.17) is 0 Å². The van der Waals surface area contributed by atoms with Crippen LogP contribution in [0.1, 0.15) is 25.7 Å². The van der Waals surface area contributed by atoms with E-state index in [0.717, 1.165) is 48.3 Å². The summed E-state index contributed by atoms with van der Waals surface area (Å²) in [6.07, 6.45) is 3.09. The second-order valence-electron chi connectivity index (χ2n) is 6.82. The number of hydrogen-bond donors (Lipinski definition) is 2. The molecule has 152 valence electrons. The van der Waals surface area contributed by atoms with Gasteiger partial charge in [-0.05, 0) is 50.3 Å². The van der Waals surface area contributed by atoms with Crippen molar-refractivity contribution in [2.24, 2.45) is 5.92 Å². The van der Waals surface area contributed by atoms with E-state index in [2.05, 4.69) is 10.6 Å². The van der Waals surface area contributed by atoms with Crippen LogP contribution in [0.2, 0.25) is 0 Å². The molecule has 1 aromatic rings. The average Bonchev–Trinajstić information content (AvgIpc) is 3.14. The summed E-state index contributed by atoms with van der Waals surface area (Å²) in [6.45, 7) is 1.52. The highest BCUT2D eigenvalue weighted by molar-refractivity contribution is 7.89. The largest absolute Gasteiger partial charge is 0.354 e. The Kier molecular flexibility index (Phi) is 7.55. The molecule has 6 nitrogen and oxygen atoms in total. The Labute approximate surface area is 164 Å². The molecule has 2 unspecified atom stereocenters. The summed E-state index contributed by atoms with van der Waals surface area (Å²) in [6, 6.07) is 2.82. The molecule has 2 N–H and O–H groups in total. The van der Waals surface area contributed by atoms with Crippen LogP contribution >= 0.6 is 12.4 Å². The highest BCUT2D eigenvalue weighted by atomic mass is 35.5. The summed E-state index contributed by atoms with van der Waals surface area (Å²) in [5.74, 6) is -2.35. The quantitative estimate of drug-likeness (QED) is 0.755. The molecule has 3 rings (SSSR count). The summed E-state index contributed by atoms with van der Waals surface area (Å²) < 4.78 is 54.3. The van der Waals surface area contributed by atoms with Crippen LogP contribution in [0.15, 0.2) is 23.1 Å². The van der Waals surface area contributed by atoms with Gasteiger partial charge in [0.1, 0.15) is 11.6 Å². The zero-order valence-corrected chi connectivity index (χ0v) is 16.4. The van der Waals surface area contributed by atoms with E-state index in [9.17, 15) is 22.0 Å². The van der Waals surface area contributed by atoms with Crippen molar-refractivity contribution < 1.29 is 22.0 Å². The number of sulfonamides is 1. The van der Waals surface area contributed by atoms with Crippen molar-refractivity contribution in [3.8, 4) is 0 Å². The topological polar surface area (TPSA) is 78.5 Å². The van der Waals surface area contributed by atoms with Crippen LogP contribution in [0, 0.1) is 17.6 Å². The van der Waals surface area contributed by atoms with Gasteiger partial charge in [0, 0.05) is 19.6 Å². The maximum Gasteiger partial charge on any atom is 0.248 e. The number of amides is 1. The van der Waals surface area contributed by atoms with Crippen LogP contribution in [0.25, 0.3) is 0 Å². The lowest BCUT2D eigenvalue weighted by molar-refractivity contribution is -0.123. The number of carbonyl (C=O) groups excluding carboxylic acids is 1. The van der Waals surface area contributed by atoms with E-state index in [1.165, 1.54) is 0 Å². The minimum atomic E-state index is -4.25. The maximum atomic E-state index is 13.9. The zero-order valence-electron chi connectivity index (χ0n) is 14.8. The van der Waals surface area contributed by atoms with Gasteiger partial charge in [-0.1, -0.05) is 6.07 Å². The van der Waals surface area contributed by atoms with Gasteiger partial charge in [-0.25, -0.2) is 17.2 Å². The van der Waals surface area contributed by atoms with E-state index in [0.29, 0.717) is 13.0 Å². The second kappa shape index (κ2) is 9.27. The molecule has 1 amide bonds. The van der Waals surface area contributed by atoms with E-state index in [-0.39, 0.29) is 43.4 Å².